The predicted octanol–water partition coefficient (Wildman–Crippen LogP) is 5.06. The van der Waals surface area contributed by atoms with E-state index in [1.54, 1.807) is 6.92 Å². The quantitative estimate of drug-likeness (QED) is 0.0514. The lowest BCUT2D eigenvalue weighted by Crippen LogP contribution is -2.42. The van der Waals surface area contributed by atoms with Crippen molar-refractivity contribution in [3.05, 3.63) is 0 Å². The topological polar surface area (TPSA) is 158 Å². The fourth-order valence-corrected chi connectivity index (χ4v) is 5.95. The standard InChI is InChI=1S/C38H74N6O5/c1-6-7-10-20-33(29-32(3)45)43-38(49)30-34(21-14-18-27-42-36(47)23-12-9-16-25-40-5)44-37(48)28-31(2)19-13-17-26-41-35(46)22-11-8-15-24-39-4/h31,33-34,39-40H,6-30H2,1-5H3,(H,41,46)(H,42,47)(H,43,49)(H,44,48). The van der Waals surface area contributed by atoms with Crippen molar-refractivity contribution in [2.75, 3.05) is 40.3 Å². The van der Waals surface area contributed by atoms with E-state index in [-0.39, 0.29) is 53.8 Å². The number of hydrogen-bond donors (Lipinski definition) is 6. The minimum Gasteiger partial charge on any atom is -0.356 e. The molecule has 3 unspecified atom stereocenters. The van der Waals surface area contributed by atoms with E-state index in [2.05, 4.69) is 45.7 Å². The van der Waals surface area contributed by atoms with Gasteiger partial charge in [-0.25, -0.2) is 0 Å². The Labute approximate surface area is 298 Å². The van der Waals surface area contributed by atoms with Gasteiger partial charge in [-0.2, -0.15) is 0 Å². The summed E-state index contributed by atoms with van der Waals surface area (Å²) in [5.41, 5.74) is 0. The van der Waals surface area contributed by atoms with Crippen LogP contribution in [0.5, 0.6) is 0 Å². The van der Waals surface area contributed by atoms with E-state index in [9.17, 15) is 24.0 Å². The van der Waals surface area contributed by atoms with Gasteiger partial charge in [0, 0.05) is 57.3 Å². The third-order valence-electron chi connectivity index (χ3n) is 8.79. The summed E-state index contributed by atoms with van der Waals surface area (Å²) >= 11 is 0. The average molecular weight is 695 g/mol. The monoisotopic (exact) mass is 695 g/mol. The fraction of sp³-hybridized carbons (Fsp3) is 0.868. The van der Waals surface area contributed by atoms with Crippen molar-refractivity contribution in [3.63, 3.8) is 0 Å². The first-order chi connectivity index (χ1) is 23.6. The maximum absolute atomic E-state index is 13.1. The summed E-state index contributed by atoms with van der Waals surface area (Å²) in [4.78, 5) is 62.2. The number of amides is 4. The number of Topliss-reactive ketones (excluding diaryl/α,β-unsaturated/α-hetero) is 1. The highest BCUT2D eigenvalue weighted by atomic mass is 16.2. The Balaban J connectivity index is 4.77. The van der Waals surface area contributed by atoms with Gasteiger partial charge in [0.05, 0.1) is 0 Å². The number of hydrogen-bond acceptors (Lipinski definition) is 7. The Kier molecular flexibility index (Phi) is 31.0. The van der Waals surface area contributed by atoms with Gasteiger partial charge in [-0.1, -0.05) is 58.8 Å². The predicted molar refractivity (Wildman–Crippen MR) is 200 cm³/mol. The summed E-state index contributed by atoms with van der Waals surface area (Å²) in [5, 5.41) is 18.4. The molecule has 0 aliphatic carbocycles. The molecule has 0 aromatic carbocycles. The molecule has 0 heterocycles. The largest absolute Gasteiger partial charge is 0.356 e. The maximum Gasteiger partial charge on any atom is 0.222 e. The normalized spacial score (nSPS) is 12.9. The van der Waals surface area contributed by atoms with Gasteiger partial charge in [-0.05, 0) is 97.8 Å². The molecule has 0 rings (SSSR count). The SMILES string of the molecule is CCCCCC(CC(C)=O)NC(=O)CC(CCCCNC(=O)CCCCCNC)NC(=O)CC(C)CCCCNC(=O)CCCCCNC. The highest BCUT2D eigenvalue weighted by molar-refractivity contribution is 5.81. The number of nitrogens with one attached hydrogen (secondary N) is 6. The highest BCUT2D eigenvalue weighted by Crippen LogP contribution is 2.14. The van der Waals surface area contributed by atoms with Gasteiger partial charge >= 0.3 is 0 Å². The van der Waals surface area contributed by atoms with E-state index in [4.69, 9.17) is 0 Å². The lowest BCUT2D eigenvalue weighted by Gasteiger charge is -2.22. The third-order valence-corrected chi connectivity index (χ3v) is 8.79. The number of carbonyl (C=O) groups is 5. The molecule has 11 nitrogen and oxygen atoms in total. The lowest BCUT2D eigenvalue weighted by molar-refractivity contribution is -0.125. The second kappa shape index (κ2) is 32.7. The van der Waals surface area contributed by atoms with Gasteiger partial charge in [-0.3, -0.25) is 24.0 Å². The zero-order chi connectivity index (χ0) is 36.5. The van der Waals surface area contributed by atoms with E-state index in [0.29, 0.717) is 45.2 Å². The molecule has 0 aliphatic heterocycles. The third kappa shape index (κ3) is 31.2. The molecule has 11 heteroatoms. The molecule has 0 saturated heterocycles. The van der Waals surface area contributed by atoms with Crippen LogP contribution in [0.3, 0.4) is 0 Å². The maximum atomic E-state index is 13.1. The van der Waals surface area contributed by atoms with Crippen LogP contribution in [0, 0.1) is 5.92 Å². The van der Waals surface area contributed by atoms with Crippen LogP contribution in [0.2, 0.25) is 0 Å². The second-order valence-corrected chi connectivity index (χ2v) is 14.0. The molecular formula is C38H74N6O5. The minimum absolute atomic E-state index is 0.0544. The van der Waals surface area contributed by atoms with Crippen molar-refractivity contribution < 1.29 is 24.0 Å². The van der Waals surface area contributed by atoms with Gasteiger partial charge in [0.1, 0.15) is 5.78 Å². The van der Waals surface area contributed by atoms with Gasteiger partial charge in [-0.15, -0.1) is 0 Å². The summed E-state index contributed by atoms with van der Waals surface area (Å²) in [7, 11) is 3.87. The summed E-state index contributed by atoms with van der Waals surface area (Å²) in [5.74, 6) is 0.210. The molecule has 0 aliphatic rings. The Morgan fingerprint density at radius 1 is 0.490 bits per heavy atom. The Morgan fingerprint density at radius 3 is 1.43 bits per heavy atom. The zero-order valence-corrected chi connectivity index (χ0v) is 32.0. The van der Waals surface area contributed by atoms with E-state index >= 15 is 0 Å². The van der Waals surface area contributed by atoms with Crippen molar-refractivity contribution in [1.29, 1.82) is 0 Å². The molecule has 0 spiro atoms. The Morgan fingerprint density at radius 2 is 0.939 bits per heavy atom. The highest BCUT2D eigenvalue weighted by Gasteiger charge is 2.21. The molecule has 0 radical (unpaired) electrons. The molecule has 0 aromatic rings. The molecule has 286 valence electrons. The van der Waals surface area contributed by atoms with Crippen LogP contribution in [-0.4, -0.2) is 81.8 Å². The van der Waals surface area contributed by atoms with E-state index in [0.717, 1.165) is 109 Å². The molecule has 3 atom stereocenters. The Hall–Kier alpha value is -2.53. The van der Waals surface area contributed by atoms with Crippen LogP contribution in [0.1, 0.15) is 156 Å². The van der Waals surface area contributed by atoms with Crippen LogP contribution < -0.4 is 31.9 Å². The van der Waals surface area contributed by atoms with E-state index in [1.807, 2.05) is 14.1 Å². The van der Waals surface area contributed by atoms with Crippen LogP contribution in [0.25, 0.3) is 0 Å². The summed E-state index contributed by atoms with van der Waals surface area (Å²) in [6.45, 7) is 8.93. The molecule has 0 aromatic heterocycles. The molecule has 6 N–H and O–H groups in total. The van der Waals surface area contributed by atoms with Gasteiger partial charge in [0.25, 0.3) is 0 Å². The lowest BCUT2D eigenvalue weighted by atomic mass is 9.99. The fourth-order valence-electron chi connectivity index (χ4n) is 5.95. The first kappa shape index (κ1) is 46.5. The molecular weight excluding hydrogens is 620 g/mol. The molecule has 49 heavy (non-hydrogen) atoms. The number of rotatable bonds is 34. The first-order valence-electron chi connectivity index (χ1n) is 19.5. The van der Waals surface area contributed by atoms with Gasteiger partial charge < -0.3 is 31.9 Å². The molecule has 0 saturated carbocycles. The van der Waals surface area contributed by atoms with Crippen molar-refractivity contribution in [1.82, 2.24) is 31.9 Å². The summed E-state index contributed by atoms with van der Waals surface area (Å²) in [6, 6.07) is -0.501. The Bertz CT molecular complexity index is 887. The first-order valence-corrected chi connectivity index (χ1v) is 19.5. The van der Waals surface area contributed by atoms with Crippen LogP contribution in [-0.2, 0) is 24.0 Å². The zero-order valence-electron chi connectivity index (χ0n) is 32.0. The van der Waals surface area contributed by atoms with Crippen molar-refractivity contribution in [2.24, 2.45) is 5.92 Å². The number of carbonyl (C=O) groups excluding carboxylic acids is 5. The number of ketones is 1. The van der Waals surface area contributed by atoms with Crippen molar-refractivity contribution in [3.8, 4) is 0 Å². The van der Waals surface area contributed by atoms with Gasteiger partial charge in [0.2, 0.25) is 23.6 Å². The van der Waals surface area contributed by atoms with Crippen molar-refractivity contribution >= 4 is 29.4 Å². The molecule has 4 amide bonds. The van der Waals surface area contributed by atoms with Crippen LogP contribution in [0.15, 0.2) is 0 Å². The molecule has 0 fully saturated rings. The van der Waals surface area contributed by atoms with Gasteiger partial charge in [0.15, 0.2) is 0 Å². The number of unbranched alkanes of at least 4 members (excludes halogenated alkanes) is 8. The minimum atomic E-state index is -0.315. The van der Waals surface area contributed by atoms with Crippen molar-refractivity contribution in [2.45, 2.75) is 168 Å². The summed E-state index contributed by atoms with van der Waals surface area (Å²) in [6.07, 6.45) is 16.7. The van der Waals surface area contributed by atoms with Crippen LogP contribution >= 0.6 is 0 Å². The summed E-state index contributed by atoms with van der Waals surface area (Å²) < 4.78 is 0. The smallest absolute Gasteiger partial charge is 0.222 e. The van der Waals surface area contributed by atoms with Crippen LogP contribution in [0.4, 0.5) is 0 Å². The second-order valence-electron chi connectivity index (χ2n) is 14.0. The van der Waals surface area contributed by atoms with E-state index in [1.165, 1.54) is 0 Å². The van der Waals surface area contributed by atoms with E-state index < -0.39 is 0 Å². The molecule has 0 bridgehead atoms. The average Bonchev–Trinajstić information content (AvgIpc) is 3.03.